The van der Waals surface area contributed by atoms with Gasteiger partial charge in [-0.15, -0.1) is 11.3 Å². The number of fused-ring (bicyclic) bond motifs is 2. The third-order valence-corrected chi connectivity index (χ3v) is 6.46. The van der Waals surface area contributed by atoms with E-state index < -0.39 is 0 Å². The van der Waals surface area contributed by atoms with Crippen molar-refractivity contribution in [3.05, 3.63) is 64.4 Å². The Morgan fingerprint density at radius 2 is 2.07 bits per heavy atom. The number of rotatable bonds is 3. The highest BCUT2D eigenvalue weighted by molar-refractivity contribution is 7.20. The first kappa shape index (κ1) is 18.1. The SMILES string of the molecule is O=C1CN(C(=O)c2cc3ccc(Cl)cc3s2)CCN1Cc1cc2cnccc2[nH]1. The number of carbonyl (C=O) groups excluding carboxylic acids is 2. The van der Waals surface area contributed by atoms with Gasteiger partial charge in [0, 0.05) is 51.8 Å². The summed E-state index contributed by atoms with van der Waals surface area (Å²) in [5.74, 6) is -0.155. The second-order valence-corrected chi connectivity index (χ2v) is 8.61. The molecule has 3 aromatic heterocycles. The predicted molar refractivity (Wildman–Crippen MR) is 114 cm³/mol. The van der Waals surface area contributed by atoms with Gasteiger partial charge in [-0.05, 0) is 35.7 Å². The smallest absolute Gasteiger partial charge is 0.264 e. The van der Waals surface area contributed by atoms with E-state index in [1.54, 1.807) is 22.2 Å². The Morgan fingerprint density at radius 3 is 2.90 bits per heavy atom. The summed E-state index contributed by atoms with van der Waals surface area (Å²) in [5, 5.41) is 2.66. The first-order valence-corrected chi connectivity index (χ1v) is 10.4. The monoisotopic (exact) mass is 424 g/mol. The van der Waals surface area contributed by atoms with Gasteiger partial charge >= 0.3 is 0 Å². The average Bonchev–Trinajstić information content (AvgIpc) is 3.31. The number of pyridine rings is 1. The van der Waals surface area contributed by atoms with E-state index in [2.05, 4.69) is 9.97 Å². The lowest BCUT2D eigenvalue weighted by molar-refractivity contribution is -0.135. The Balaban J connectivity index is 1.28. The summed E-state index contributed by atoms with van der Waals surface area (Å²) < 4.78 is 0.971. The summed E-state index contributed by atoms with van der Waals surface area (Å²) in [6.45, 7) is 1.61. The maximum atomic E-state index is 12.9. The molecule has 4 heterocycles. The van der Waals surface area contributed by atoms with Crippen LogP contribution in [0, 0.1) is 0 Å². The number of nitrogens with one attached hydrogen (secondary N) is 1. The number of aromatic nitrogens is 2. The van der Waals surface area contributed by atoms with Crippen LogP contribution in [0.15, 0.2) is 48.8 Å². The van der Waals surface area contributed by atoms with Crippen LogP contribution in [0.4, 0.5) is 0 Å². The molecule has 0 spiro atoms. The van der Waals surface area contributed by atoms with E-state index in [9.17, 15) is 9.59 Å². The lowest BCUT2D eigenvalue weighted by Gasteiger charge is -2.33. The van der Waals surface area contributed by atoms with Gasteiger partial charge in [0.1, 0.15) is 6.54 Å². The molecule has 146 valence electrons. The van der Waals surface area contributed by atoms with Crippen molar-refractivity contribution in [3.63, 3.8) is 0 Å². The number of H-pyrrole nitrogens is 1. The second kappa shape index (κ2) is 7.17. The Bertz CT molecular complexity index is 1210. The van der Waals surface area contributed by atoms with E-state index >= 15 is 0 Å². The molecule has 4 aromatic rings. The Hall–Kier alpha value is -2.90. The fourth-order valence-corrected chi connectivity index (χ4v) is 4.95. The number of aromatic amines is 1. The molecule has 1 saturated heterocycles. The molecule has 1 N–H and O–H groups in total. The third-order valence-electron chi connectivity index (χ3n) is 5.14. The lowest BCUT2D eigenvalue weighted by atomic mass is 10.2. The topological polar surface area (TPSA) is 69.3 Å². The highest BCUT2D eigenvalue weighted by Gasteiger charge is 2.28. The Labute approximate surface area is 175 Å². The lowest BCUT2D eigenvalue weighted by Crippen LogP contribution is -2.51. The summed E-state index contributed by atoms with van der Waals surface area (Å²) in [7, 11) is 0. The molecule has 0 aliphatic carbocycles. The van der Waals surface area contributed by atoms with Crippen LogP contribution >= 0.6 is 22.9 Å². The number of nitrogens with zero attached hydrogens (tertiary/aromatic N) is 3. The van der Waals surface area contributed by atoms with Crippen molar-refractivity contribution in [2.75, 3.05) is 19.6 Å². The van der Waals surface area contributed by atoms with E-state index in [1.807, 2.05) is 36.4 Å². The van der Waals surface area contributed by atoms with Crippen molar-refractivity contribution in [3.8, 4) is 0 Å². The molecule has 2 amide bonds. The number of amides is 2. The maximum absolute atomic E-state index is 12.9. The van der Waals surface area contributed by atoms with Gasteiger partial charge in [-0.25, -0.2) is 0 Å². The van der Waals surface area contributed by atoms with Crippen LogP contribution in [0.25, 0.3) is 21.0 Å². The first-order valence-electron chi connectivity index (χ1n) is 9.24. The van der Waals surface area contributed by atoms with E-state index in [4.69, 9.17) is 11.6 Å². The largest absolute Gasteiger partial charge is 0.357 e. The van der Waals surface area contributed by atoms with Gasteiger partial charge in [-0.2, -0.15) is 0 Å². The summed E-state index contributed by atoms with van der Waals surface area (Å²) in [4.78, 5) is 37.0. The predicted octanol–water partition coefficient (Wildman–Crippen LogP) is 3.92. The number of carbonyl (C=O) groups is 2. The van der Waals surface area contributed by atoms with E-state index in [0.717, 1.165) is 26.7 Å². The highest BCUT2D eigenvalue weighted by Crippen LogP contribution is 2.29. The molecule has 5 rings (SSSR count). The summed E-state index contributed by atoms with van der Waals surface area (Å²) in [6.07, 6.45) is 3.53. The van der Waals surface area contributed by atoms with Crippen LogP contribution in [-0.4, -0.2) is 51.2 Å². The van der Waals surface area contributed by atoms with Gasteiger partial charge in [0.15, 0.2) is 0 Å². The average molecular weight is 425 g/mol. The van der Waals surface area contributed by atoms with Crippen LogP contribution < -0.4 is 0 Å². The second-order valence-electron chi connectivity index (χ2n) is 7.09. The molecule has 0 atom stereocenters. The number of thiophene rings is 1. The molecule has 29 heavy (non-hydrogen) atoms. The Kier molecular flexibility index (Phi) is 4.49. The fourth-order valence-electron chi connectivity index (χ4n) is 3.64. The third kappa shape index (κ3) is 3.47. The quantitative estimate of drug-likeness (QED) is 0.542. The molecule has 0 radical (unpaired) electrons. The van der Waals surface area contributed by atoms with Gasteiger partial charge in [-0.1, -0.05) is 17.7 Å². The van der Waals surface area contributed by atoms with Crippen molar-refractivity contribution >= 4 is 55.7 Å². The minimum absolute atomic E-state index is 0.0504. The van der Waals surface area contributed by atoms with Crippen LogP contribution in [0.2, 0.25) is 5.02 Å². The molecular weight excluding hydrogens is 408 g/mol. The highest BCUT2D eigenvalue weighted by atomic mass is 35.5. The van der Waals surface area contributed by atoms with Gasteiger partial charge in [0.05, 0.1) is 11.4 Å². The molecular formula is C21H17ClN4O2S. The molecule has 0 unspecified atom stereocenters. The first-order chi connectivity index (χ1) is 14.1. The molecule has 1 fully saturated rings. The molecule has 8 heteroatoms. The Morgan fingerprint density at radius 1 is 1.17 bits per heavy atom. The number of hydrogen-bond donors (Lipinski definition) is 1. The van der Waals surface area contributed by atoms with E-state index in [0.29, 0.717) is 29.5 Å². The van der Waals surface area contributed by atoms with Gasteiger partial charge in [0.25, 0.3) is 5.91 Å². The standard InChI is InChI=1S/C21H17ClN4O2S/c22-15-2-1-13-8-19(29-18(13)9-15)21(28)26-6-5-25(20(27)12-26)11-16-7-14-10-23-4-3-17(14)24-16/h1-4,7-10,24H,5-6,11-12H2. The summed E-state index contributed by atoms with van der Waals surface area (Å²) in [5.41, 5.74) is 1.96. The van der Waals surface area contributed by atoms with Crippen LogP contribution in [0.1, 0.15) is 15.4 Å². The normalized spacial score (nSPS) is 14.9. The summed E-state index contributed by atoms with van der Waals surface area (Å²) >= 11 is 7.45. The molecule has 1 aliphatic rings. The maximum Gasteiger partial charge on any atom is 0.264 e. The van der Waals surface area contributed by atoms with E-state index in [-0.39, 0.29) is 18.4 Å². The molecule has 0 bridgehead atoms. The van der Waals surface area contributed by atoms with Crippen LogP contribution in [-0.2, 0) is 11.3 Å². The molecule has 6 nitrogen and oxygen atoms in total. The van der Waals surface area contributed by atoms with Crippen molar-refractivity contribution in [2.24, 2.45) is 0 Å². The zero-order valence-electron chi connectivity index (χ0n) is 15.4. The molecule has 1 aromatic carbocycles. The molecule has 1 aliphatic heterocycles. The van der Waals surface area contributed by atoms with Crippen molar-refractivity contribution in [1.29, 1.82) is 0 Å². The van der Waals surface area contributed by atoms with Crippen molar-refractivity contribution in [2.45, 2.75) is 6.54 Å². The van der Waals surface area contributed by atoms with Gasteiger partial charge < -0.3 is 14.8 Å². The van der Waals surface area contributed by atoms with Crippen LogP contribution in [0.3, 0.4) is 0 Å². The van der Waals surface area contributed by atoms with E-state index in [1.165, 1.54) is 11.3 Å². The van der Waals surface area contributed by atoms with Crippen molar-refractivity contribution in [1.82, 2.24) is 19.8 Å². The minimum Gasteiger partial charge on any atom is -0.357 e. The van der Waals surface area contributed by atoms with Gasteiger partial charge in [0.2, 0.25) is 5.91 Å². The number of benzene rings is 1. The number of piperazine rings is 1. The number of halogens is 1. The van der Waals surface area contributed by atoms with Crippen LogP contribution in [0.5, 0.6) is 0 Å². The molecule has 0 saturated carbocycles. The zero-order valence-corrected chi connectivity index (χ0v) is 17.0. The van der Waals surface area contributed by atoms with Crippen molar-refractivity contribution < 1.29 is 9.59 Å². The fraction of sp³-hybridized carbons (Fsp3) is 0.190. The summed E-state index contributed by atoms with van der Waals surface area (Å²) in [6, 6.07) is 11.4. The zero-order chi connectivity index (χ0) is 20.0. The number of hydrogen-bond acceptors (Lipinski definition) is 4. The minimum atomic E-state index is -0.105. The van der Waals surface area contributed by atoms with Gasteiger partial charge in [-0.3, -0.25) is 14.6 Å².